The molecule has 1 saturated heterocycles. The average molecular weight is 440 g/mol. The van der Waals surface area contributed by atoms with Crippen molar-refractivity contribution in [1.29, 1.82) is 0 Å². The van der Waals surface area contributed by atoms with Crippen LogP contribution in [0.1, 0.15) is 12.8 Å². The van der Waals surface area contributed by atoms with E-state index in [2.05, 4.69) is 53.0 Å². The summed E-state index contributed by atoms with van der Waals surface area (Å²) in [6.45, 7) is 1.38. The lowest BCUT2D eigenvalue weighted by atomic mass is 10.2. The van der Waals surface area contributed by atoms with Crippen LogP contribution in [0.4, 0.5) is 0 Å². The van der Waals surface area contributed by atoms with E-state index >= 15 is 0 Å². The summed E-state index contributed by atoms with van der Waals surface area (Å²) in [5.41, 5.74) is 3.02. The standard InChI is InChI=1S/C23H25N3O2S2/c1-29-19-11-9-17(10-12-19)22-25-21(16-6-3-2-4-7-16)23(26-22)30-15-20(27)24-14-18-8-5-13-28-18/h2-4,6-7,9-12,18H,5,8,13-15H2,1H3,(H,24,27)(H,25,26)/t18-/m1/s1. The van der Waals surface area contributed by atoms with Gasteiger partial charge in [-0.1, -0.05) is 54.2 Å². The van der Waals surface area contributed by atoms with Crippen molar-refractivity contribution in [2.45, 2.75) is 28.9 Å². The normalized spacial score (nSPS) is 16.0. The summed E-state index contributed by atoms with van der Waals surface area (Å²) in [6, 6.07) is 18.4. The summed E-state index contributed by atoms with van der Waals surface area (Å²) in [6.07, 6.45) is 4.31. The van der Waals surface area contributed by atoms with Gasteiger partial charge in [0.25, 0.3) is 0 Å². The van der Waals surface area contributed by atoms with E-state index in [4.69, 9.17) is 9.72 Å². The Balaban J connectivity index is 1.49. The molecule has 3 aromatic rings. The minimum atomic E-state index is 0.00313. The zero-order valence-electron chi connectivity index (χ0n) is 16.9. The van der Waals surface area contributed by atoms with Crippen LogP contribution in [0.5, 0.6) is 0 Å². The van der Waals surface area contributed by atoms with E-state index in [1.165, 1.54) is 16.7 Å². The van der Waals surface area contributed by atoms with E-state index in [1.807, 2.05) is 18.2 Å². The SMILES string of the molecule is CSc1ccc(-c2nc(SCC(=O)NC[C@H]3CCCO3)c(-c3ccccc3)[nH]2)cc1. The van der Waals surface area contributed by atoms with Gasteiger partial charge in [-0.05, 0) is 31.2 Å². The molecule has 1 amide bonds. The minimum absolute atomic E-state index is 0.00313. The maximum absolute atomic E-state index is 12.3. The van der Waals surface area contributed by atoms with Gasteiger partial charge in [0, 0.05) is 29.2 Å². The number of thioether (sulfide) groups is 2. The van der Waals surface area contributed by atoms with E-state index in [0.717, 1.165) is 47.1 Å². The quantitative estimate of drug-likeness (QED) is 0.491. The first-order valence-electron chi connectivity index (χ1n) is 10.0. The highest BCUT2D eigenvalue weighted by atomic mass is 32.2. The van der Waals surface area contributed by atoms with Gasteiger partial charge in [0.2, 0.25) is 5.91 Å². The van der Waals surface area contributed by atoms with Crippen LogP contribution in [0.2, 0.25) is 0 Å². The van der Waals surface area contributed by atoms with E-state index in [0.29, 0.717) is 12.3 Å². The molecule has 1 fully saturated rings. The maximum atomic E-state index is 12.3. The molecule has 7 heteroatoms. The summed E-state index contributed by atoms with van der Waals surface area (Å²) >= 11 is 3.17. The fourth-order valence-electron chi connectivity index (χ4n) is 3.37. The van der Waals surface area contributed by atoms with E-state index in [-0.39, 0.29) is 12.0 Å². The molecule has 1 aromatic heterocycles. The van der Waals surface area contributed by atoms with Crippen molar-refractivity contribution in [1.82, 2.24) is 15.3 Å². The topological polar surface area (TPSA) is 67.0 Å². The molecule has 0 spiro atoms. The highest BCUT2D eigenvalue weighted by Gasteiger charge is 2.18. The van der Waals surface area contributed by atoms with Crippen molar-refractivity contribution in [2.24, 2.45) is 0 Å². The molecule has 0 radical (unpaired) electrons. The average Bonchev–Trinajstić information content (AvgIpc) is 3.47. The van der Waals surface area contributed by atoms with Gasteiger partial charge in [0.1, 0.15) is 10.9 Å². The number of benzene rings is 2. The summed E-state index contributed by atoms with van der Waals surface area (Å²) < 4.78 is 5.57. The third kappa shape index (κ3) is 5.28. The van der Waals surface area contributed by atoms with Crippen molar-refractivity contribution >= 4 is 29.4 Å². The molecular formula is C23H25N3O2S2. The Morgan fingerprint density at radius 2 is 1.97 bits per heavy atom. The Kier molecular flexibility index (Phi) is 7.15. The summed E-state index contributed by atoms with van der Waals surface area (Å²) in [4.78, 5) is 21.8. The van der Waals surface area contributed by atoms with Gasteiger partial charge >= 0.3 is 0 Å². The van der Waals surface area contributed by atoms with E-state index in [1.54, 1.807) is 11.8 Å². The number of ether oxygens (including phenoxy) is 1. The third-order valence-electron chi connectivity index (χ3n) is 4.99. The molecule has 0 aliphatic carbocycles. The predicted molar refractivity (Wildman–Crippen MR) is 124 cm³/mol. The molecule has 4 rings (SSSR count). The molecule has 1 aliphatic heterocycles. The fraction of sp³-hybridized carbons (Fsp3) is 0.304. The van der Waals surface area contributed by atoms with E-state index < -0.39 is 0 Å². The largest absolute Gasteiger partial charge is 0.376 e. The lowest BCUT2D eigenvalue weighted by molar-refractivity contribution is -0.119. The number of rotatable bonds is 8. The lowest BCUT2D eigenvalue weighted by Gasteiger charge is -2.10. The summed E-state index contributed by atoms with van der Waals surface area (Å²) in [7, 11) is 0. The van der Waals surface area contributed by atoms with Gasteiger partial charge in [0.05, 0.1) is 17.6 Å². The van der Waals surface area contributed by atoms with Crippen LogP contribution in [-0.4, -0.2) is 47.1 Å². The van der Waals surface area contributed by atoms with Crippen LogP contribution in [-0.2, 0) is 9.53 Å². The first-order valence-corrected chi connectivity index (χ1v) is 12.2. The first-order chi connectivity index (χ1) is 14.7. The predicted octanol–water partition coefficient (Wildman–Crippen LogP) is 4.85. The fourth-order valence-corrected chi connectivity index (χ4v) is 4.61. The van der Waals surface area contributed by atoms with Gasteiger partial charge in [-0.25, -0.2) is 4.98 Å². The molecule has 2 aromatic carbocycles. The van der Waals surface area contributed by atoms with Crippen LogP contribution in [0.3, 0.4) is 0 Å². The van der Waals surface area contributed by atoms with Crippen LogP contribution >= 0.6 is 23.5 Å². The Labute approximate surface area is 185 Å². The number of aromatic amines is 1. The zero-order chi connectivity index (χ0) is 20.8. The van der Waals surface area contributed by atoms with Gasteiger partial charge in [-0.3, -0.25) is 4.79 Å². The second-order valence-corrected chi connectivity index (χ2v) is 8.93. The Morgan fingerprint density at radius 3 is 2.67 bits per heavy atom. The van der Waals surface area contributed by atoms with Crippen molar-refractivity contribution < 1.29 is 9.53 Å². The van der Waals surface area contributed by atoms with Crippen LogP contribution in [0.25, 0.3) is 22.6 Å². The van der Waals surface area contributed by atoms with Crippen molar-refractivity contribution in [3.8, 4) is 22.6 Å². The number of hydrogen-bond donors (Lipinski definition) is 2. The third-order valence-corrected chi connectivity index (χ3v) is 6.71. The Morgan fingerprint density at radius 1 is 1.17 bits per heavy atom. The molecule has 2 heterocycles. The van der Waals surface area contributed by atoms with E-state index in [9.17, 15) is 4.79 Å². The number of nitrogens with zero attached hydrogens (tertiary/aromatic N) is 1. The highest BCUT2D eigenvalue weighted by molar-refractivity contribution is 8.00. The number of aromatic nitrogens is 2. The molecule has 0 saturated carbocycles. The first kappa shape index (κ1) is 21.0. The Bertz CT molecular complexity index is 968. The summed E-state index contributed by atoms with van der Waals surface area (Å²) in [5, 5.41) is 3.81. The van der Waals surface area contributed by atoms with Gasteiger partial charge in [-0.15, -0.1) is 11.8 Å². The molecule has 2 N–H and O–H groups in total. The second kappa shape index (κ2) is 10.2. The Hall–Kier alpha value is -2.22. The van der Waals surface area contributed by atoms with Crippen LogP contribution < -0.4 is 5.32 Å². The number of carbonyl (C=O) groups excluding carboxylic acids is 1. The number of imidazole rings is 1. The van der Waals surface area contributed by atoms with Crippen molar-refractivity contribution in [2.75, 3.05) is 25.2 Å². The van der Waals surface area contributed by atoms with Gasteiger partial charge in [-0.2, -0.15) is 0 Å². The van der Waals surface area contributed by atoms with Gasteiger partial charge in [0.15, 0.2) is 0 Å². The molecule has 0 unspecified atom stereocenters. The van der Waals surface area contributed by atoms with Crippen LogP contribution in [0, 0.1) is 0 Å². The molecule has 156 valence electrons. The number of carbonyl (C=O) groups is 1. The molecule has 30 heavy (non-hydrogen) atoms. The smallest absolute Gasteiger partial charge is 0.230 e. The highest BCUT2D eigenvalue weighted by Crippen LogP contribution is 2.32. The van der Waals surface area contributed by atoms with Crippen LogP contribution in [0.15, 0.2) is 64.5 Å². The monoisotopic (exact) mass is 439 g/mol. The molecule has 1 aliphatic rings. The van der Waals surface area contributed by atoms with Crippen molar-refractivity contribution in [3.63, 3.8) is 0 Å². The second-order valence-electron chi connectivity index (χ2n) is 7.09. The molecule has 5 nitrogen and oxygen atoms in total. The maximum Gasteiger partial charge on any atom is 0.230 e. The minimum Gasteiger partial charge on any atom is -0.376 e. The molecule has 0 bridgehead atoms. The number of nitrogens with one attached hydrogen (secondary N) is 2. The lowest BCUT2D eigenvalue weighted by Crippen LogP contribution is -2.32. The zero-order valence-corrected chi connectivity index (χ0v) is 18.5. The number of H-pyrrole nitrogens is 1. The number of hydrogen-bond acceptors (Lipinski definition) is 5. The summed E-state index contributed by atoms with van der Waals surface area (Å²) in [5.74, 6) is 1.13. The van der Waals surface area contributed by atoms with Crippen molar-refractivity contribution in [3.05, 3.63) is 54.6 Å². The molecular weight excluding hydrogens is 414 g/mol. The number of amides is 1. The molecule has 1 atom stereocenters. The van der Waals surface area contributed by atoms with Gasteiger partial charge < -0.3 is 15.0 Å².